The molecule has 2 aromatic carbocycles. The molecular weight excluding hydrogens is 394 g/mol. The van der Waals surface area contributed by atoms with Gasteiger partial charge in [-0.2, -0.15) is 8.42 Å². The summed E-state index contributed by atoms with van der Waals surface area (Å²) in [7, 11) is -0.730. The smallest absolute Gasteiger partial charge is 0.306 e. The van der Waals surface area contributed by atoms with Gasteiger partial charge in [-0.25, -0.2) is 0 Å². The van der Waals surface area contributed by atoms with E-state index >= 15 is 0 Å². The Labute approximate surface area is 171 Å². The van der Waals surface area contributed by atoms with E-state index in [1.165, 1.54) is 13.2 Å². The third kappa shape index (κ3) is 7.59. The third-order valence-electron chi connectivity index (χ3n) is 3.94. The van der Waals surface area contributed by atoms with Crippen LogP contribution in [0.5, 0.6) is 11.5 Å². The third-order valence-corrected chi connectivity index (χ3v) is 4.42. The molecule has 0 spiro atoms. The van der Waals surface area contributed by atoms with Gasteiger partial charge in [0.15, 0.2) is 11.5 Å². The van der Waals surface area contributed by atoms with Crippen molar-refractivity contribution in [3.05, 3.63) is 65.7 Å². The number of amides is 1. The number of ether oxygens (including phenoxy) is 2. The minimum Gasteiger partial charge on any atom is -0.493 e. The summed E-state index contributed by atoms with van der Waals surface area (Å²) in [6.45, 7) is 1.00. The Morgan fingerprint density at radius 1 is 1.07 bits per heavy atom. The molecule has 1 amide bonds. The largest absolute Gasteiger partial charge is 0.493 e. The van der Waals surface area contributed by atoms with Gasteiger partial charge in [0.1, 0.15) is 0 Å². The Morgan fingerprint density at radius 2 is 1.79 bits per heavy atom. The second kappa shape index (κ2) is 10.6. The molecular formula is C21H25NO6S. The lowest BCUT2D eigenvalue weighted by atomic mass is 10.1. The van der Waals surface area contributed by atoms with E-state index in [9.17, 15) is 13.2 Å². The van der Waals surface area contributed by atoms with E-state index in [4.69, 9.17) is 13.7 Å². The maximum atomic E-state index is 12.7. The van der Waals surface area contributed by atoms with Crippen LogP contribution in [0.25, 0.3) is 6.08 Å². The SMILES string of the molecule is COCCN(Cc1ccc(OC)c(OS(C)(=O)=O)c1)C(=O)C=Cc1ccccc1. The summed E-state index contributed by atoms with van der Waals surface area (Å²) in [6, 6.07) is 14.4. The van der Waals surface area contributed by atoms with Crippen LogP contribution in [0.2, 0.25) is 0 Å². The van der Waals surface area contributed by atoms with Crippen LogP contribution in [-0.4, -0.2) is 52.9 Å². The fourth-order valence-corrected chi connectivity index (χ4v) is 3.03. The van der Waals surface area contributed by atoms with Crippen LogP contribution in [0.3, 0.4) is 0 Å². The zero-order chi connectivity index (χ0) is 21.3. The molecule has 0 radical (unpaired) electrons. The molecule has 2 aromatic rings. The highest BCUT2D eigenvalue weighted by Crippen LogP contribution is 2.29. The van der Waals surface area contributed by atoms with Gasteiger partial charge in [-0.1, -0.05) is 36.4 Å². The highest BCUT2D eigenvalue weighted by atomic mass is 32.2. The molecule has 0 aromatic heterocycles. The van der Waals surface area contributed by atoms with E-state index in [0.717, 1.165) is 11.8 Å². The number of benzene rings is 2. The minimum absolute atomic E-state index is 0.0754. The van der Waals surface area contributed by atoms with Crippen molar-refractivity contribution in [3.8, 4) is 11.5 Å². The average molecular weight is 419 g/mol. The molecule has 29 heavy (non-hydrogen) atoms. The lowest BCUT2D eigenvalue weighted by Crippen LogP contribution is -2.32. The highest BCUT2D eigenvalue weighted by molar-refractivity contribution is 7.86. The summed E-state index contributed by atoms with van der Waals surface area (Å²) in [5.74, 6) is 0.177. The Morgan fingerprint density at radius 3 is 2.41 bits per heavy atom. The van der Waals surface area contributed by atoms with Crippen LogP contribution in [0.15, 0.2) is 54.6 Å². The molecule has 0 atom stereocenters. The van der Waals surface area contributed by atoms with Crippen LogP contribution in [0.1, 0.15) is 11.1 Å². The lowest BCUT2D eigenvalue weighted by molar-refractivity contribution is -0.127. The van der Waals surface area contributed by atoms with E-state index in [-0.39, 0.29) is 24.0 Å². The van der Waals surface area contributed by atoms with Crippen molar-refractivity contribution in [2.75, 3.05) is 33.6 Å². The minimum atomic E-state index is -3.72. The second-order valence-corrected chi connectivity index (χ2v) is 7.84. The van der Waals surface area contributed by atoms with Gasteiger partial charge in [0.2, 0.25) is 5.91 Å². The molecule has 0 aliphatic heterocycles. The maximum Gasteiger partial charge on any atom is 0.306 e. The van der Waals surface area contributed by atoms with Crippen molar-refractivity contribution in [3.63, 3.8) is 0 Å². The molecule has 0 heterocycles. The normalized spacial score (nSPS) is 11.4. The summed E-state index contributed by atoms with van der Waals surface area (Å²) in [6.07, 6.45) is 4.21. The van der Waals surface area contributed by atoms with Gasteiger partial charge in [0, 0.05) is 26.3 Å². The average Bonchev–Trinajstić information content (AvgIpc) is 2.69. The Balaban J connectivity index is 2.21. The summed E-state index contributed by atoms with van der Waals surface area (Å²) in [4.78, 5) is 14.3. The molecule has 0 saturated heterocycles. The number of hydrogen-bond acceptors (Lipinski definition) is 6. The monoisotopic (exact) mass is 419 g/mol. The lowest BCUT2D eigenvalue weighted by Gasteiger charge is -2.21. The quantitative estimate of drug-likeness (QED) is 0.435. The molecule has 7 nitrogen and oxygen atoms in total. The standard InChI is InChI=1S/C21H25NO6S/c1-26-14-13-22(21(23)12-10-17-7-5-4-6-8-17)16-18-9-11-19(27-2)20(15-18)28-29(3,24)25/h4-12,15H,13-14,16H2,1-3H3. The molecule has 2 rings (SSSR count). The van der Waals surface area contributed by atoms with E-state index in [1.807, 2.05) is 30.3 Å². The van der Waals surface area contributed by atoms with E-state index in [1.54, 1.807) is 36.3 Å². The number of carbonyl (C=O) groups is 1. The molecule has 0 unspecified atom stereocenters. The van der Waals surface area contributed by atoms with E-state index < -0.39 is 10.1 Å². The molecule has 0 aliphatic rings. The van der Waals surface area contributed by atoms with Gasteiger partial charge in [-0.15, -0.1) is 0 Å². The Bertz CT molecular complexity index is 941. The summed E-state index contributed by atoms with van der Waals surface area (Å²) < 4.78 is 38.3. The topological polar surface area (TPSA) is 82.1 Å². The van der Waals surface area contributed by atoms with Crippen LogP contribution in [-0.2, 0) is 26.2 Å². The van der Waals surface area contributed by atoms with Crippen molar-refractivity contribution in [1.82, 2.24) is 4.90 Å². The molecule has 0 bridgehead atoms. The maximum absolute atomic E-state index is 12.7. The van der Waals surface area contributed by atoms with Gasteiger partial charge in [-0.05, 0) is 29.3 Å². The first kappa shape index (κ1) is 22.4. The predicted octanol–water partition coefficient (Wildman–Crippen LogP) is 2.72. The predicted molar refractivity (Wildman–Crippen MR) is 111 cm³/mol. The summed E-state index contributed by atoms with van der Waals surface area (Å²) in [5, 5.41) is 0. The Hall–Kier alpha value is -2.84. The number of carbonyl (C=O) groups excluding carboxylic acids is 1. The first-order valence-electron chi connectivity index (χ1n) is 8.89. The molecule has 0 fully saturated rings. The van der Waals surface area contributed by atoms with Crippen LogP contribution < -0.4 is 8.92 Å². The van der Waals surface area contributed by atoms with Crippen LogP contribution >= 0.6 is 0 Å². The van der Waals surface area contributed by atoms with Crippen molar-refractivity contribution in [2.45, 2.75) is 6.54 Å². The van der Waals surface area contributed by atoms with Gasteiger partial charge >= 0.3 is 10.1 Å². The second-order valence-electron chi connectivity index (χ2n) is 6.27. The first-order chi connectivity index (χ1) is 13.8. The molecule has 8 heteroatoms. The molecule has 0 saturated carbocycles. The van der Waals surface area contributed by atoms with Crippen molar-refractivity contribution in [2.24, 2.45) is 0 Å². The zero-order valence-electron chi connectivity index (χ0n) is 16.7. The van der Waals surface area contributed by atoms with Crippen molar-refractivity contribution < 1.29 is 26.9 Å². The van der Waals surface area contributed by atoms with E-state index in [2.05, 4.69) is 0 Å². The fraction of sp³-hybridized carbons (Fsp3) is 0.286. The number of hydrogen-bond donors (Lipinski definition) is 0. The fourth-order valence-electron chi connectivity index (χ4n) is 2.57. The molecule has 156 valence electrons. The van der Waals surface area contributed by atoms with Gasteiger partial charge in [-0.3, -0.25) is 4.79 Å². The number of rotatable bonds is 10. The van der Waals surface area contributed by atoms with Gasteiger partial charge in [0.05, 0.1) is 20.0 Å². The van der Waals surface area contributed by atoms with Crippen LogP contribution in [0.4, 0.5) is 0 Å². The van der Waals surface area contributed by atoms with Crippen LogP contribution in [0, 0.1) is 0 Å². The first-order valence-corrected chi connectivity index (χ1v) is 10.7. The van der Waals surface area contributed by atoms with Gasteiger partial charge in [0.25, 0.3) is 0 Å². The summed E-state index contributed by atoms with van der Waals surface area (Å²) >= 11 is 0. The highest BCUT2D eigenvalue weighted by Gasteiger charge is 2.15. The molecule has 0 aliphatic carbocycles. The number of methoxy groups -OCH3 is 2. The number of nitrogens with zero attached hydrogens (tertiary/aromatic N) is 1. The van der Waals surface area contributed by atoms with Gasteiger partial charge < -0.3 is 18.6 Å². The van der Waals surface area contributed by atoms with Crippen molar-refractivity contribution in [1.29, 1.82) is 0 Å². The van der Waals surface area contributed by atoms with E-state index in [0.29, 0.717) is 18.7 Å². The summed E-state index contributed by atoms with van der Waals surface area (Å²) in [5.41, 5.74) is 1.61. The molecule has 0 N–H and O–H groups in total. The van der Waals surface area contributed by atoms with Crippen molar-refractivity contribution >= 4 is 22.1 Å². The Kier molecular flexibility index (Phi) is 8.23. The zero-order valence-corrected chi connectivity index (χ0v) is 17.5.